The molecule has 0 saturated heterocycles. The van der Waals surface area contributed by atoms with Gasteiger partial charge in [0.25, 0.3) is 0 Å². The van der Waals surface area contributed by atoms with E-state index < -0.39 is 0 Å². The number of allylic oxidation sites excluding steroid dienone is 2. The summed E-state index contributed by atoms with van der Waals surface area (Å²) in [6, 6.07) is 0. The molecule has 0 spiro atoms. The molecule has 122 valence electrons. The fraction of sp³-hybridized carbons (Fsp3) is 0.789. The molecule has 2 atom stereocenters. The fourth-order valence-electron chi connectivity index (χ4n) is 1.37. The van der Waals surface area contributed by atoms with E-state index in [1.54, 1.807) is 6.08 Å². The zero-order valence-corrected chi connectivity index (χ0v) is 16.5. The normalized spacial score (nSPS) is 12.4. The van der Waals surface area contributed by atoms with Gasteiger partial charge in [0.15, 0.2) is 0 Å². The van der Waals surface area contributed by atoms with E-state index in [4.69, 9.17) is 0 Å². The minimum absolute atomic E-state index is 0.878. The molecule has 20 heavy (non-hydrogen) atoms. The monoisotopic (exact) mass is 346 g/mol. The maximum Gasteiger partial charge on any atom is 0.0209 e. The van der Waals surface area contributed by atoms with Gasteiger partial charge in [-0.3, -0.25) is 0 Å². The third kappa shape index (κ3) is 30.8. The molecule has 0 aromatic rings. The van der Waals surface area contributed by atoms with Gasteiger partial charge < -0.3 is 0 Å². The third-order valence-electron chi connectivity index (χ3n) is 3.29. The second kappa shape index (κ2) is 21.3. The smallest absolute Gasteiger partial charge is 0.0209 e. The lowest BCUT2D eigenvalue weighted by atomic mass is 9.92. The van der Waals surface area contributed by atoms with Gasteiger partial charge in [0.2, 0.25) is 0 Å². The van der Waals surface area contributed by atoms with E-state index in [0.717, 1.165) is 23.1 Å². The lowest BCUT2D eigenvalue weighted by molar-refractivity contribution is 0.389. The van der Waals surface area contributed by atoms with Crippen LogP contribution in [0, 0.1) is 17.8 Å². The van der Waals surface area contributed by atoms with Gasteiger partial charge in [-0.15, -0.1) is 13.2 Å². The first kappa shape index (κ1) is 24.9. The molecule has 0 aliphatic heterocycles. The first-order chi connectivity index (χ1) is 9.39. The summed E-state index contributed by atoms with van der Waals surface area (Å²) in [5.41, 5.74) is 0. The number of hydrogen-bond donors (Lipinski definition) is 0. The topological polar surface area (TPSA) is 0 Å². The molecule has 1 heteroatoms. The van der Waals surface area contributed by atoms with Crippen molar-refractivity contribution in [1.82, 2.24) is 0 Å². The summed E-state index contributed by atoms with van der Waals surface area (Å²) in [5.74, 6) is 2.66. The van der Waals surface area contributed by atoms with Crippen molar-refractivity contribution in [1.29, 1.82) is 0 Å². The second-order valence-corrected chi connectivity index (χ2v) is 6.61. The molecule has 0 radical (unpaired) electrons. The molecule has 0 saturated carbocycles. The standard InChI is InChI=1S/C11H22.C5H12.C3H5Br/c1-5-7-8-11(4)9-10(3)6-2;1-4-5(2)3;1-2-3-4/h5,10-11H,1,6-9H2,2-4H3;5H,4H2,1-3H3;2H,1,3H2. The largest absolute Gasteiger partial charge is 0.103 e. The number of halogens is 1. The van der Waals surface area contributed by atoms with Crippen LogP contribution < -0.4 is 0 Å². The summed E-state index contributed by atoms with van der Waals surface area (Å²) in [5, 5.41) is 0.896. The Morgan fingerprint density at radius 1 is 0.900 bits per heavy atom. The lowest BCUT2D eigenvalue weighted by Gasteiger charge is -2.14. The molecule has 0 fully saturated rings. The summed E-state index contributed by atoms with van der Waals surface area (Å²) < 4.78 is 0. The molecule has 2 unspecified atom stereocenters. The van der Waals surface area contributed by atoms with E-state index in [-0.39, 0.29) is 0 Å². The van der Waals surface area contributed by atoms with Gasteiger partial charge in [0.05, 0.1) is 0 Å². The highest BCUT2D eigenvalue weighted by atomic mass is 79.9. The minimum Gasteiger partial charge on any atom is -0.103 e. The number of alkyl halides is 1. The van der Waals surface area contributed by atoms with Crippen molar-refractivity contribution in [3.63, 3.8) is 0 Å². The first-order valence-electron chi connectivity index (χ1n) is 8.17. The van der Waals surface area contributed by atoms with Crippen molar-refractivity contribution in [2.45, 2.75) is 73.6 Å². The molecule has 0 amide bonds. The molecule has 0 heterocycles. The van der Waals surface area contributed by atoms with E-state index in [1.807, 2.05) is 6.08 Å². The Morgan fingerprint density at radius 3 is 1.60 bits per heavy atom. The minimum atomic E-state index is 0.878. The van der Waals surface area contributed by atoms with Crippen molar-refractivity contribution in [2.24, 2.45) is 17.8 Å². The van der Waals surface area contributed by atoms with Crippen molar-refractivity contribution < 1.29 is 0 Å². The lowest BCUT2D eigenvalue weighted by Crippen LogP contribution is -2.01. The summed E-state index contributed by atoms with van der Waals surface area (Å²) in [7, 11) is 0. The molecule has 0 nitrogen and oxygen atoms in total. The molecule has 0 aliphatic carbocycles. The van der Waals surface area contributed by atoms with Crippen molar-refractivity contribution in [3.05, 3.63) is 25.3 Å². The van der Waals surface area contributed by atoms with Crippen LogP contribution in [0.5, 0.6) is 0 Å². The molecule has 0 aromatic carbocycles. The predicted molar refractivity (Wildman–Crippen MR) is 102 cm³/mol. The molecule has 0 aromatic heterocycles. The SMILES string of the molecule is C=CCBr.C=CCCC(C)CC(C)CC.CCC(C)C. The Balaban J connectivity index is -0.000000266. The zero-order valence-electron chi connectivity index (χ0n) is 14.9. The molecular formula is C19H39Br. The number of hydrogen-bond acceptors (Lipinski definition) is 0. The van der Waals surface area contributed by atoms with Crippen molar-refractivity contribution >= 4 is 15.9 Å². The Kier molecular flexibility index (Phi) is 26.5. The highest BCUT2D eigenvalue weighted by Gasteiger charge is 2.05. The molecule has 0 aliphatic rings. The molecule has 0 rings (SSSR count). The number of rotatable bonds is 8. The van der Waals surface area contributed by atoms with Crippen LogP contribution in [0.3, 0.4) is 0 Å². The average Bonchev–Trinajstić information content (AvgIpc) is 2.45. The van der Waals surface area contributed by atoms with Gasteiger partial charge in [-0.05, 0) is 37.0 Å². The summed E-state index contributed by atoms with van der Waals surface area (Å²) in [6.45, 7) is 20.8. The van der Waals surface area contributed by atoms with Crippen LogP contribution in [0.2, 0.25) is 0 Å². The Hall–Kier alpha value is -0.0400. The van der Waals surface area contributed by atoms with E-state index in [9.17, 15) is 0 Å². The highest BCUT2D eigenvalue weighted by molar-refractivity contribution is 9.09. The highest BCUT2D eigenvalue weighted by Crippen LogP contribution is 2.18. The predicted octanol–water partition coefficient (Wildman–Crippen LogP) is 7.64. The van der Waals surface area contributed by atoms with Crippen molar-refractivity contribution in [2.75, 3.05) is 5.33 Å². The maximum atomic E-state index is 3.73. The molecular weight excluding hydrogens is 308 g/mol. The van der Waals surface area contributed by atoms with Gasteiger partial charge >= 0.3 is 0 Å². The van der Waals surface area contributed by atoms with E-state index in [0.29, 0.717) is 0 Å². The van der Waals surface area contributed by atoms with E-state index >= 15 is 0 Å². The molecule has 0 N–H and O–H groups in total. The second-order valence-electron chi connectivity index (χ2n) is 5.97. The van der Waals surface area contributed by atoms with Crippen LogP contribution in [0.1, 0.15) is 73.6 Å². The van der Waals surface area contributed by atoms with Crippen LogP contribution in [-0.4, -0.2) is 5.33 Å². The van der Waals surface area contributed by atoms with E-state index in [1.165, 1.54) is 32.1 Å². The van der Waals surface area contributed by atoms with Gasteiger partial charge in [0, 0.05) is 5.33 Å². The van der Waals surface area contributed by atoms with Crippen LogP contribution in [0.4, 0.5) is 0 Å². The Morgan fingerprint density at radius 2 is 1.35 bits per heavy atom. The third-order valence-corrected chi connectivity index (χ3v) is 3.75. The van der Waals surface area contributed by atoms with Crippen LogP contribution in [0.25, 0.3) is 0 Å². The zero-order chi connectivity index (χ0) is 16.4. The maximum absolute atomic E-state index is 3.73. The first-order valence-corrected chi connectivity index (χ1v) is 9.29. The fourth-order valence-corrected chi connectivity index (χ4v) is 1.37. The van der Waals surface area contributed by atoms with Crippen LogP contribution >= 0.6 is 15.9 Å². The summed E-state index contributed by atoms with van der Waals surface area (Å²) >= 11 is 3.13. The Bertz CT molecular complexity index is 184. The van der Waals surface area contributed by atoms with Gasteiger partial charge in [0.1, 0.15) is 0 Å². The van der Waals surface area contributed by atoms with Crippen LogP contribution in [0.15, 0.2) is 25.3 Å². The quantitative estimate of drug-likeness (QED) is 0.312. The van der Waals surface area contributed by atoms with Gasteiger partial charge in [-0.25, -0.2) is 0 Å². The molecule has 0 bridgehead atoms. The van der Waals surface area contributed by atoms with Crippen molar-refractivity contribution in [3.8, 4) is 0 Å². The van der Waals surface area contributed by atoms with Crippen LogP contribution in [-0.2, 0) is 0 Å². The van der Waals surface area contributed by atoms with E-state index in [2.05, 4.69) is 70.6 Å². The average molecular weight is 347 g/mol. The van der Waals surface area contributed by atoms with Gasteiger partial charge in [-0.2, -0.15) is 0 Å². The Labute approximate surface area is 138 Å². The van der Waals surface area contributed by atoms with Gasteiger partial charge in [-0.1, -0.05) is 82.5 Å². The summed E-state index contributed by atoms with van der Waals surface area (Å²) in [6.07, 6.45) is 10.3. The summed E-state index contributed by atoms with van der Waals surface area (Å²) in [4.78, 5) is 0.